The maximum absolute atomic E-state index is 9.79. The van der Waals surface area contributed by atoms with E-state index in [1.54, 1.807) is 24.3 Å². The SMILES string of the molecule is C=CCc1cc(CCc2ccc(O)c(CC=C)c2)ccc1O. The van der Waals surface area contributed by atoms with E-state index < -0.39 is 0 Å². The first kappa shape index (κ1) is 15.9. The molecule has 0 atom stereocenters. The Morgan fingerprint density at radius 3 is 1.50 bits per heavy atom. The molecule has 2 heteroatoms. The molecule has 0 aromatic heterocycles. The summed E-state index contributed by atoms with van der Waals surface area (Å²) in [6.07, 6.45) is 6.71. The third-order valence-corrected chi connectivity index (χ3v) is 3.72. The zero-order chi connectivity index (χ0) is 15.9. The maximum Gasteiger partial charge on any atom is 0.119 e. The summed E-state index contributed by atoms with van der Waals surface area (Å²) in [5, 5.41) is 19.6. The van der Waals surface area contributed by atoms with Crippen molar-refractivity contribution < 1.29 is 10.2 Å². The second-order valence-corrected chi connectivity index (χ2v) is 5.41. The molecule has 2 rings (SSSR count). The Morgan fingerprint density at radius 1 is 0.727 bits per heavy atom. The highest BCUT2D eigenvalue weighted by Crippen LogP contribution is 2.22. The summed E-state index contributed by atoms with van der Waals surface area (Å²) in [6.45, 7) is 7.43. The van der Waals surface area contributed by atoms with Crippen molar-refractivity contribution in [3.05, 3.63) is 84.0 Å². The van der Waals surface area contributed by atoms with Crippen LogP contribution in [0.25, 0.3) is 0 Å². The van der Waals surface area contributed by atoms with Gasteiger partial charge in [0.15, 0.2) is 0 Å². The van der Waals surface area contributed by atoms with E-state index in [1.807, 2.05) is 24.3 Å². The number of allylic oxidation sites excluding steroid dienone is 2. The van der Waals surface area contributed by atoms with Crippen LogP contribution in [-0.4, -0.2) is 10.2 Å². The molecule has 2 N–H and O–H groups in total. The molecule has 0 saturated heterocycles. The molecule has 0 aliphatic carbocycles. The van der Waals surface area contributed by atoms with Gasteiger partial charge >= 0.3 is 0 Å². The zero-order valence-corrected chi connectivity index (χ0v) is 12.8. The molecule has 0 fully saturated rings. The van der Waals surface area contributed by atoms with Crippen LogP contribution in [-0.2, 0) is 25.7 Å². The molecule has 0 unspecified atom stereocenters. The van der Waals surface area contributed by atoms with E-state index in [9.17, 15) is 10.2 Å². The van der Waals surface area contributed by atoms with Crippen molar-refractivity contribution >= 4 is 0 Å². The summed E-state index contributed by atoms with van der Waals surface area (Å²) >= 11 is 0. The summed E-state index contributed by atoms with van der Waals surface area (Å²) in [6, 6.07) is 11.5. The van der Waals surface area contributed by atoms with Crippen molar-refractivity contribution in [2.45, 2.75) is 25.7 Å². The number of hydrogen-bond acceptors (Lipinski definition) is 2. The van der Waals surface area contributed by atoms with Gasteiger partial charge in [-0.2, -0.15) is 0 Å². The van der Waals surface area contributed by atoms with Gasteiger partial charge in [-0.15, -0.1) is 13.2 Å². The van der Waals surface area contributed by atoms with Gasteiger partial charge in [0, 0.05) is 0 Å². The van der Waals surface area contributed by atoms with E-state index in [0.717, 1.165) is 24.0 Å². The van der Waals surface area contributed by atoms with Gasteiger partial charge in [-0.25, -0.2) is 0 Å². The third-order valence-electron chi connectivity index (χ3n) is 3.72. The number of aryl methyl sites for hydroxylation is 2. The number of aromatic hydroxyl groups is 2. The van der Waals surface area contributed by atoms with Crippen LogP contribution >= 0.6 is 0 Å². The van der Waals surface area contributed by atoms with Crippen LogP contribution in [0.15, 0.2) is 61.7 Å². The van der Waals surface area contributed by atoms with Crippen LogP contribution in [0.2, 0.25) is 0 Å². The number of phenols is 2. The van der Waals surface area contributed by atoms with Crippen LogP contribution < -0.4 is 0 Å². The van der Waals surface area contributed by atoms with Crippen LogP contribution in [0.4, 0.5) is 0 Å². The van der Waals surface area contributed by atoms with Crippen molar-refractivity contribution in [1.82, 2.24) is 0 Å². The number of hydrogen-bond donors (Lipinski definition) is 2. The predicted molar refractivity (Wildman–Crippen MR) is 91.4 cm³/mol. The fraction of sp³-hybridized carbons (Fsp3) is 0.200. The molecular formula is C20H22O2. The highest BCUT2D eigenvalue weighted by molar-refractivity contribution is 5.39. The monoisotopic (exact) mass is 294 g/mol. The van der Waals surface area contributed by atoms with E-state index in [2.05, 4.69) is 13.2 Å². The summed E-state index contributed by atoms with van der Waals surface area (Å²) in [5.41, 5.74) is 4.19. The van der Waals surface area contributed by atoms with Crippen LogP contribution in [0.3, 0.4) is 0 Å². The number of phenolic OH excluding ortho intramolecular Hbond substituents is 2. The van der Waals surface area contributed by atoms with Crippen molar-refractivity contribution in [1.29, 1.82) is 0 Å². The average molecular weight is 294 g/mol. The van der Waals surface area contributed by atoms with Gasteiger partial charge in [-0.1, -0.05) is 36.4 Å². The highest BCUT2D eigenvalue weighted by Gasteiger charge is 2.04. The Balaban J connectivity index is 2.09. The molecule has 0 aliphatic rings. The van der Waals surface area contributed by atoms with Gasteiger partial charge in [0.2, 0.25) is 0 Å². The summed E-state index contributed by atoms with van der Waals surface area (Å²) in [5.74, 6) is 0.642. The first-order valence-corrected chi connectivity index (χ1v) is 7.47. The van der Waals surface area contributed by atoms with E-state index in [0.29, 0.717) is 24.3 Å². The largest absolute Gasteiger partial charge is 0.508 e. The molecule has 22 heavy (non-hydrogen) atoms. The molecule has 0 saturated carbocycles. The normalized spacial score (nSPS) is 10.4. The fourth-order valence-electron chi connectivity index (χ4n) is 2.52. The lowest BCUT2D eigenvalue weighted by atomic mass is 9.99. The molecule has 2 nitrogen and oxygen atoms in total. The van der Waals surface area contributed by atoms with Gasteiger partial charge in [0.1, 0.15) is 11.5 Å². The topological polar surface area (TPSA) is 40.5 Å². The number of benzene rings is 2. The maximum atomic E-state index is 9.79. The smallest absolute Gasteiger partial charge is 0.119 e. The second kappa shape index (κ2) is 7.51. The molecule has 114 valence electrons. The lowest BCUT2D eigenvalue weighted by Crippen LogP contribution is -1.95. The minimum atomic E-state index is 0.321. The van der Waals surface area contributed by atoms with E-state index in [4.69, 9.17) is 0 Å². The van der Waals surface area contributed by atoms with Gasteiger partial charge < -0.3 is 10.2 Å². The molecular weight excluding hydrogens is 272 g/mol. The fourth-order valence-corrected chi connectivity index (χ4v) is 2.52. The van der Waals surface area contributed by atoms with E-state index in [1.165, 1.54) is 11.1 Å². The van der Waals surface area contributed by atoms with Crippen LogP contribution in [0.5, 0.6) is 11.5 Å². The molecule has 2 aromatic rings. The van der Waals surface area contributed by atoms with Crippen molar-refractivity contribution in [2.24, 2.45) is 0 Å². The first-order valence-electron chi connectivity index (χ1n) is 7.47. The zero-order valence-electron chi connectivity index (χ0n) is 12.8. The third kappa shape index (κ3) is 4.01. The molecule has 0 heterocycles. The molecule has 0 bridgehead atoms. The Bertz CT molecular complexity index is 612. The number of rotatable bonds is 7. The molecule has 0 radical (unpaired) electrons. The van der Waals surface area contributed by atoms with E-state index >= 15 is 0 Å². The average Bonchev–Trinajstić information content (AvgIpc) is 2.51. The Kier molecular flexibility index (Phi) is 5.42. The lowest BCUT2D eigenvalue weighted by Gasteiger charge is -2.08. The van der Waals surface area contributed by atoms with Crippen molar-refractivity contribution in [3.8, 4) is 11.5 Å². The van der Waals surface area contributed by atoms with Crippen molar-refractivity contribution in [3.63, 3.8) is 0 Å². The van der Waals surface area contributed by atoms with Gasteiger partial charge in [-0.05, 0) is 60.1 Å². The minimum Gasteiger partial charge on any atom is -0.508 e. The first-order chi connectivity index (χ1) is 10.6. The Morgan fingerprint density at radius 2 is 1.14 bits per heavy atom. The van der Waals surface area contributed by atoms with Gasteiger partial charge in [-0.3, -0.25) is 0 Å². The molecule has 0 spiro atoms. The van der Waals surface area contributed by atoms with E-state index in [-0.39, 0.29) is 0 Å². The molecule has 0 amide bonds. The lowest BCUT2D eigenvalue weighted by molar-refractivity contribution is 0.468. The summed E-state index contributed by atoms with van der Waals surface area (Å²) in [7, 11) is 0. The predicted octanol–water partition coefficient (Wildman–Crippen LogP) is 4.34. The van der Waals surface area contributed by atoms with Gasteiger partial charge in [0.05, 0.1) is 0 Å². The second-order valence-electron chi connectivity index (χ2n) is 5.41. The Hall–Kier alpha value is -2.48. The quantitative estimate of drug-likeness (QED) is 0.746. The van der Waals surface area contributed by atoms with Crippen molar-refractivity contribution in [2.75, 3.05) is 0 Å². The molecule has 0 aliphatic heterocycles. The van der Waals surface area contributed by atoms with Crippen LogP contribution in [0.1, 0.15) is 22.3 Å². The van der Waals surface area contributed by atoms with Crippen LogP contribution in [0, 0.1) is 0 Å². The summed E-state index contributed by atoms with van der Waals surface area (Å²) < 4.78 is 0. The standard InChI is InChI=1S/C20H22O2/c1-3-5-17-13-15(9-11-19(17)21)7-8-16-10-12-20(22)18(14-16)6-4-2/h3-4,9-14,21-22H,1-2,5-8H2. The Labute approximate surface area is 132 Å². The summed E-state index contributed by atoms with van der Waals surface area (Å²) in [4.78, 5) is 0. The van der Waals surface area contributed by atoms with Gasteiger partial charge in [0.25, 0.3) is 0 Å². The highest BCUT2D eigenvalue weighted by atomic mass is 16.3. The minimum absolute atomic E-state index is 0.321. The molecule has 2 aromatic carbocycles.